The van der Waals surface area contributed by atoms with E-state index in [4.69, 9.17) is 0 Å². The van der Waals surface area contributed by atoms with Crippen LogP contribution in [-0.2, 0) is 13.1 Å². The van der Waals surface area contributed by atoms with Gasteiger partial charge in [0.2, 0.25) is 0 Å². The van der Waals surface area contributed by atoms with Crippen molar-refractivity contribution in [2.24, 2.45) is 0 Å². The molecule has 2 aromatic rings. The van der Waals surface area contributed by atoms with Gasteiger partial charge in [0.15, 0.2) is 11.6 Å². The summed E-state index contributed by atoms with van der Waals surface area (Å²) in [6, 6.07) is 7.66. The highest BCUT2D eigenvalue weighted by molar-refractivity contribution is 5.21. The standard InChI is InChI=1S/C20H24F3N3O/c1-14-3-2-4-15(24-14)11-26-9-8-25(12-16(26)7-10-27)13-17-18(21)5-6-19(22)20(17)23/h2-6,16,27H,7-13H2,1H3. The number of aromatic nitrogens is 1. The number of aryl methyl sites for hydroxylation is 1. The summed E-state index contributed by atoms with van der Waals surface area (Å²) in [5, 5.41) is 9.42. The molecule has 0 saturated carbocycles. The monoisotopic (exact) mass is 379 g/mol. The first-order valence-electron chi connectivity index (χ1n) is 9.10. The van der Waals surface area contributed by atoms with E-state index < -0.39 is 17.5 Å². The summed E-state index contributed by atoms with van der Waals surface area (Å²) < 4.78 is 41.3. The van der Waals surface area contributed by atoms with E-state index in [-0.39, 0.29) is 24.8 Å². The van der Waals surface area contributed by atoms with Gasteiger partial charge < -0.3 is 5.11 Å². The predicted molar refractivity (Wildman–Crippen MR) is 96.5 cm³/mol. The zero-order valence-electron chi connectivity index (χ0n) is 15.3. The molecule has 1 unspecified atom stereocenters. The topological polar surface area (TPSA) is 39.6 Å². The van der Waals surface area contributed by atoms with Crippen molar-refractivity contribution in [1.29, 1.82) is 0 Å². The summed E-state index contributed by atoms with van der Waals surface area (Å²) in [6.45, 7) is 4.45. The SMILES string of the molecule is Cc1cccc(CN2CCN(Cc3c(F)ccc(F)c3F)CC2CCO)n1. The number of aliphatic hydroxyl groups is 1. The number of piperazine rings is 1. The van der Waals surface area contributed by atoms with Gasteiger partial charge in [0, 0.05) is 56.6 Å². The van der Waals surface area contributed by atoms with Crippen molar-refractivity contribution in [3.8, 4) is 0 Å². The largest absolute Gasteiger partial charge is 0.396 e. The number of benzene rings is 1. The summed E-state index contributed by atoms with van der Waals surface area (Å²) >= 11 is 0. The van der Waals surface area contributed by atoms with E-state index in [1.54, 1.807) is 0 Å². The zero-order valence-corrected chi connectivity index (χ0v) is 15.3. The summed E-state index contributed by atoms with van der Waals surface area (Å²) in [5.41, 5.74) is 1.65. The second kappa shape index (κ2) is 8.82. The van der Waals surface area contributed by atoms with E-state index >= 15 is 0 Å². The molecule has 1 atom stereocenters. The molecule has 0 spiro atoms. The maximum absolute atomic E-state index is 14.0. The van der Waals surface area contributed by atoms with Crippen LogP contribution in [-0.4, -0.2) is 52.2 Å². The Morgan fingerprint density at radius 3 is 2.59 bits per heavy atom. The van der Waals surface area contributed by atoms with E-state index in [2.05, 4.69) is 9.88 Å². The smallest absolute Gasteiger partial charge is 0.166 e. The van der Waals surface area contributed by atoms with Crippen molar-refractivity contribution in [2.75, 3.05) is 26.2 Å². The van der Waals surface area contributed by atoms with E-state index in [0.717, 1.165) is 23.5 Å². The van der Waals surface area contributed by atoms with Gasteiger partial charge in [-0.1, -0.05) is 6.07 Å². The van der Waals surface area contributed by atoms with Crippen molar-refractivity contribution in [2.45, 2.75) is 32.5 Å². The molecule has 1 aliphatic heterocycles. The van der Waals surface area contributed by atoms with Gasteiger partial charge in [0.1, 0.15) is 5.82 Å². The van der Waals surface area contributed by atoms with E-state index in [9.17, 15) is 18.3 Å². The van der Waals surface area contributed by atoms with Crippen LogP contribution in [0.5, 0.6) is 0 Å². The molecule has 0 amide bonds. The Kier molecular flexibility index (Phi) is 6.46. The molecule has 1 aromatic carbocycles. The minimum atomic E-state index is -1.12. The number of halogens is 3. The predicted octanol–water partition coefficient (Wildman–Crippen LogP) is 2.88. The van der Waals surface area contributed by atoms with Crippen LogP contribution in [0, 0.1) is 24.4 Å². The Bertz CT molecular complexity index is 787. The lowest BCUT2D eigenvalue weighted by atomic mass is 10.1. The van der Waals surface area contributed by atoms with Crippen LogP contribution in [0.1, 0.15) is 23.4 Å². The van der Waals surface area contributed by atoms with Crippen molar-refractivity contribution in [3.63, 3.8) is 0 Å². The van der Waals surface area contributed by atoms with Gasteiger partial charge >= 0.3 is 0 Å². The first-order chi connectivity index (χ1) is 13.0. The lowest BCUT2D eigenvalue weighted by Gasteiger charge is -2.41. The fourth-order valence-electron chi connectivity index (χ4n) is 3.57. The Balaban J connectivity index is 1.69. The third kappa shape index (κ3) is 4.86. The Labute approximate surface area is 157 Å². The Morgan fingerprint density at radius 1 is 1.07 bits per heavy atom. The first-order valence-corrected chi connectivity index (χ1v) is 9.10. The number of aliphatic hydroxyl groups excluding tert-OH is 1. The van der Waals surface area contributed by atoms with Crippen LogP contribution < -0.4 is 0 Å². The average Bonchev–Trinajstić information content (AvgIpc) is 2.64. The van der Waals surface area contributed by atoms with Gasteiger partial charge in [0.05, 0.1) is 5.69 Å². The highest BCUT2D eigenvalue weighted by Crippen LogP contribution is 2.22. The van der Waals surface area contributed by atoms with Crippen LogP contribution in [0.3, 0.4) is 0 Å². The van der Waals surface area contributed by atoms with Crippen LogP contribution in [0.25, 0.3) is 0 Å². The summed E-state index contributed by atoms with van der Waals surface area (Å²) in [6.07, 6.45) is 0.552. The van der Waals surface area contributed by atoms with Crippen molar-refractivity contribution >= 4 is 0 Å². The maximum Gasteiger partial charge on any atom is 0.166 e. The quantitative estimate of drug-likeness (QED) is 0.784. The molecule has 1 fully saturated rings. The van der Waals surface area contributed by atoms with Gasteiger partial charge in [0.25, 0.3) is 0 Å². The van der Waals surface area contributed by atoms with E-state index in [1.807, 2.05) is 30.0 Å². The fourth-order valence-corrected chi connectivity index (χ4v) is 3.57. The Morgan fingerprint density at radius 2 is 1.85 bits per heavy atom. The molecule has 1 saturated heterocycles. The molecule has 2 heterocycles. The molecule has 0 aliphatic carbocycles. The van der Waals surface area contributed by atoms with Crippen LogP contribution in [0.4, 0.5) is 13.2 Å². The second-order valence-electron chi connectivity index (χ2n) is 6.96. The molecule has 1 aromatic heterocycles. The van der Waals surface area contributed by atoms with Crippen LogP contribution >= 0.6 is 0 Å². The summed E-state index contributed by atoms with van der Waals surface area (Å²) in [7, 11) is 0. The third-order valence-electron chi connectivity index (χ3n) is 4.98. The lowest BCUT2D eigenvalue weighted by molar-refractivity contribution is 0.0480. The van der Waals surface area contributed by atoms with E-state index in [0.29, 0.717) is 32.6 Å². The van der Waals surface area contributed by atoms with Crippen LogP contribution in [0.2, 0.25) is 0 Å². The molecule has 0 radical (unpaired) electrons. The zero-order chi connectivity index (χ0) is 19.4. The maximum atomic E-state index is 14.0. The number of pyridine rings is 1. The molecule has 1 N–H and O–H groups in total. The second-order valence-corrected chi connectivity index (χ2v) is 6.96. The molecule has 3 rings (SSSR count). The van der Waals surface area contributed by atoms with E-state index in [1.165, 1.54) is 0 Å². The van der Waals surface area contributed by atoms with Gasteiger partial charge in [-0.3, -0.25) is 14.8 Å². The van der Waals surface area contributed by atoms with Gasteiger partial charge in [-0.2, -0.15) is 0 Å². The minimum absolute atomic E-state index is 0.00783. The van der Waals surface area contributed by atoms with Crippen molar-refractivity contribution in [3.05, 3.63) is 64.7 Å². The summed E-state index contributed by atoms with van der Waals surface area (Å²) in [4.78, 5) is 8.66. The highest BCUT2D eigenvalue weighted by atomic mass is 19.2. The molecule has 27 heavy (non-hydrogen) atoms. The van der Waals surface area contributed by atoms with Crippen LogP contribution in [0.15, 0.2) is 30.3 Å². The number of hydrogen-bond acceptors (Lipinski definition) is 4. The lowest BCUT2D eigenvalue weighted by Crippen LogP contribution is -2.52. The average molecular weight is 379 g/mol. The van der Waals surface area contributed by atoms with Crippen molar-refractivity contribution < 1.29 is 18.3 Å². The molecule has 1 aliphatic rings. The molecular formula is C20H24F3N3O. The normalized spacial score (nSPS) is 18.8. The molecule has 146 valence electrons. The third-order valence-corrected chi connectivity index (χ3v) is 4.98. The summed E-state index contributed by atoms with van der Waals surface area (Å²) in [5.74, 6) is -2.90. The number of rotatable bonds is 6. The van der Waals surface area contributed by atoms with Gasteiger partial charge in [-0.05, 0) is 37.6 Å². The minimum Gasteiger partial charge on any atom is -0.396 e. The molecule has 0 bridgehead atoms. The van der Waals surface area contributed by atoms with Gasteiger partial charge in [-0.25, -0.2) is 13.2 Å². The first kappa shape index (κ1) is 19.8. The molecular weight excluding hydrogens is 355 g/mol. The Hall–Kier alpha value is -1.96. The van der Waals surface area contributed by atoms with Crippen molar-refractivity contribution in [1.82, 2.24) is 14.8 Å². The molecule has 4 nitrogen and oxygen atoms in total. The fraction of sp³-hybridized carbons (Fsp3) is 0.450. The number of hydrogen-bond donors (Lipinski definition) is 1. The van der Waals surface area contributed by atoms with Gasteiger partial charge in [-0.15, -0.1) is 0 Å². The number of nitrogens with zero attached hydrogens (tertiary/aromatic N) is 3. The highest BCUT2D eigenvalue weighted by Gasteiger charge is 2.28. The molecule has 7 heteroatoms.